The maximum Gasteiger partial charge on any atom is 0.407 e. The van der Waals surface area contributed by atoms with Crippen LogP contribution in [0, 0.1) is 5.92 Å². The van der Waals surface area contributed by atoms with Gasteiger partial charge in [0.15, 0.2) is 6.10 Å². The van der Waals surface area contributed by atoms with Crippen molar-refractivity contribution < 1.29 is 19.1 Å². The van der Waals surface area contributed by atoms with Gasteiger partial charge in [0.25, 0.3) is 0 Å². The molecule has 2 rings (SSSR count). The molecule has 0 aliphatic carbocycles. The van der Waals surface area contributed by atoms with Crippen molar-refractivity contribution in [3.8, 4) is 11.5 Å². The molecule has 0 saturated carbocycles. The van der Waals surface area contributed by atoms with Gasteiger partial charge in [0, 0.05) is 5.56 Å². The van der Waals surface area contributed by atoms with Crippen molar-refractivity contribution in [3.63, 3.8) is 0 Å². The van der Waals surface area contributed by atoms with Gasteiger partial charge < -0.3 is 19.6 Å². The number of alkyl carbamates (subject to hydrolysis) is 1. The number of carbonyl (C=O) groups excluding carboxylic acids is 1. The maximum absolute atomic E-state index is 12.0. The van der Waals surface area contributed by atoms with Crippen LogP contribution in [0.3, 0.4) is 0 Å². The first-order chi connectivity index (χ1) is 11.7. The van der Waals surface area contributed by atoms with E-state index in [1.807, 2.05) is 44.2 Å². The number of hydrogen-bond donors (Lipinski definition) is 2. The van der Waals surface area contributed by atoms with Gasteiger partial charge in [-0.2, -0.15) is 0 Å². The molecule has 0 bridgehead atoms. The topological polar surface area (TPSA) is 97.5 Å². The van der Waals surface area contributed by atoms with Gasteiger partial charge in [-0.05, 0) is 38.8 Å². The molecule has 0 fully saturated rings. The lowest BCUT2D eigenvalue weighted by molar-refractivity contribution is 0.0329. The van der Waals surface area contributed by atoms with E-state index in [0.29, 0.717) is 5.89 Å². The highest BCUT2D eigenvalue weighted by atomic mass is 16.6. The SMILES string of the molecule is CC(C)[C@H](NC(=O)OC(C)(C)C)C(O)c1nnc(-c2ccccc2)o1. The van der Waals surface area contributed by atoms with Gasteiger partial charge in [-0.1, -0.05) is 32.0 Å². The average molecular weight is 347 g/mol. The number of carbonyl (C=O) groups is 1. The predicted molar refractivity (Wildman–Crippen MR) is 92.7 cm³/mol. The molecular formula is C18H25N3O4. The minimum atomic E-state index is -1.14. The second-order valence-corrected chi connectivity index (χ2v) is 7.17. The molecule has 7 nitrogen and oxygen atoms in total. The molecule has 25 heavy (non-hydrogen) atoms. The summed E-state index contributed by atoms with van der Waals surface area (Å²) in [5.41, 5.74) is 0.135. The molecule has 0 spiro atoms. The Morgan fingerprint density at radius 2 is 1.84 bits per heavy atom. The van der Waals surface area contributed by atoms with Gasteiger partial charge in [-0.3, -0.25) is 0 Å². The van der Waals surface area contributed by atoms with Crippen molar-refractivity contribution in [3.05, 3.63) is 36.2 Å². The van der Waals surface area contributed by atoms with Gasteiger partial charge in [0.05, 0.1) is 6.04 Å². The van der Waals surface area contributed by atoms with Crippen LogP contribution < -0.4 is 5.32 Å². The molecule has 2 atom stereocenters. The van der Waals surface area contributed by atoms with Crippen LogP contribution in [0.15, 0.2) is 34.7 Å². The van der Waals surface area contributed by atoms with Crippen LogP contribution in [0.1, 0.15) is 46.6 Å². The van der Waals surface area contributed by atoms with Crippen LogP contribution in [0.2, 0.25) is 0 Å². The third-order valence-electron chi connectivity index (χ3n) is 3.46. The zero-order chi connectivity index (χ0) is 18.6. The van der Waals surface area contributed by atoms with Crippen molar-refractivity contribution in [2.75, 3.05) is 0 Å². The normalized spacial score (nSPS) is 14.2. The first-order valence-corrected chi connectivity index (χ1v) is 8.24. The van der Waals surface area contributed by atoms with Crippen molar-refractivity contribution in [1.82, 2.24) is 15.5 Å². The van der Waals surface area contributed by atoms with E-state index in [0.717, 1.165) is 5.56 Å². The highest BCUT2D eigenvalue weighted by molar-refractivity contribution is 5.68. The quantitative estimate of drug-likeness (QED) is 0.861. The van der Waals surface area contributed by atoms with Crippen LogP contribution in [-0.2, 0) is 4.74 Å². The summed E-state index contributed by atoms with van der Waals surface area (Å²) < 4.78 is 10.8. The molecule has 0 radical (unpaired) electrons. The number of ether oxygens (including phenoxy) is 1. The summed E-state index contributed by atoms with van der Waals surface area (Å²) in [5, 5.41) is 21.2. The highest BCUT2D eigenvalue weighted by Crippen LogP contribution is 2.25. The van der Waals surface area contributed by atoms with E-state index < -0.39 is 23.8 Å². The number of aromatic nitrogens is 2. The van der Waals surface area contributed by atoms with E-state index >= 15 is 0 Å². The predicted octanol–water partition coefficient (Wildman–Crippen LogP) is 3.32. The van der Waals surface area contributed by atoms with E-state index in [1.165, 1.54) is 0 Å². The third kappa shape index (κ3) is 5.29. The summed E-state index contributed by atoms with van der Waals surface area (Å²) in [6.07, 6.45) is -1.74. The van der Waals surface area contributed by atoms with E-state index in [4.69, 9.17) is 9.15 Å². The maximum atomic E-state index is 12.0. The Bertz CT molecular complexity index is 692. The second-order valence-electron chi connectivity index (χ2n) is 7.17. The lowest BCUT2D eigenvalue weighted by atomic mass is 9.98. The van der Waals surface area contributed by atoms with Crippen LogP contribution in [0.5, 0.6) is 0 Å². The van der Waals surface area contributed by atoms with Crippen LogP contribution in [-0.4, -0.2) is 33.0 Å². The molecule has 2 aromatic rings. The summed E-state index contributed by atoms with van der Waals surface area (Å²) in [6.45, 7) is 9.08. The van der Waals surface area contributed by atoms with Crippen LogP contribution in [0.4, 0.5) is 4.79 Å². The van der Waals surface area contributed by atoms with E-state index in [-0.39, 0.29) is 11.8 Å². The summed E-state index contributed by atoms with van der Waals surface area (Å²) in [6, 6.07) is 8.65. The Morgan fingerprint density at radius 1 is 1.20 bits per heavy atom. The monoisotopic (exact) mass is 347 g/mol. The van der Waals surface area contributed by atoms with Crippen LogP contribution in [0.25, 0.3) is 11.5 Å². The Labute approximate surface area is 147 Å². The Balaban J connectivity index is 2.14. The van der Waals surface area contributed by atoms with Gasteiger partial charge in [0.1, 0.15) is 5.60 Å². The molecule has 7 heteroatoms. The molecule has 1 aromatic carbocycles. The smallest absolute Gasteiger partial charge is 0.407 e. The zero-order valence-corrected chi connectivity index (χ0v) is 15.2. The van der Waals surface area contributed by atoms with E-state index in [2.05, 4.69) is 15.5 Å². The number of aliphatic hydroxyl groups excluding tert-OH is 1. The van der Waals surface area contributed by atoms with Crippen molar-refractivity contribution in [2.24, 2.45) is 5.92 Å². The van der Waals surface area contributed by atoms with Gasteiger partial charge in [0.2, 0.25) is 11.8 Å². The lowest BCUT2D eigenvalue weighted by Gasteiger charge is -2.27. The lowest BCUT2D eigenvalue weighted by Crippen LogP contribution is -2.45. The number of nitrogens with one attached hydrogen (secondary N) is 1. The number of amides is 1. The standard InChI is InChI=1S/C18H25N3O4/c1-11(2)13(19-17(23)25-18(3,4)5)14(22)16-21-20-15(24-16)12-9-7-6-8-10-12/h6-11,13-14,22H,1-5H3,(H,19,23)/t13-,14?/m0/s1. The Morgan fingerprint density at radius 3 is 2.40 bits per heavy atom. The van der Waals surface area contributed by atoms with Gasteiger partial charge in [-0.25, -0.2) is 4.79 Å². The fourth-order valence-corrected chi connectivity index (χ4v) is 2.26. The third-order valence-corrected chi connectivity index (χ3v) is 3.46. The van der Waals surface area contributed by atoms with E-state index in [9.17, 15) is 9.90 Å². The van der Waals surface area contributed by atoms with Crippen molar-refractivity contribution in [2.45, 2.75) is 52.4 Å². The largest absolute Gasteiger partial charge is 0.444 e. The molecule has 0 aliphatic heterocycles. The van der Waals surface area contributed by atoms with Crippen molar-refractivity contribution in [1.29, 1.82) is 0 Å². The van der Waals surface area contributed by atoms with Crippen LogP contribution >= 0.6 is 0 Å². The number of aliphatic hydroxyl groups is 1. The minimum absolute atomic E-state index is 0.0496. The summed E-state index contributed by atoms with van der Waals surface area (Å²) in [5.74, 6) is 0.289. The van der Waals surface area contributed by atoms with Gasteiger partial charge >= 0.3 is 6.09 Å². The molecule has 1 amide bonds. The van der Waals surface area contributed by atoms with E-state index in [1.54, 1.807) is 20.8 Å². The number of nitrogens with zero attached hydrogens (tertiary/aromatic N) is 2. The summed E-state index contributed by atoms with van der Waals surface area (Å²) in [4.78, 5) is 12.0. The first-order valence-electron chi connectivity index (χ1n) is 8.24. The number of rotatable bonds is 5. The van der Waals surface area contributed by atoms with Crippen molar-refractivity contribution >= 4 is 6.09 Å². The molecule has 2 N–H and O–H groups in total. The summed E-state index contributed by atoms with van der Waals surface area (Å²) in [7, 11) is 0. The number of hydrogen-bond acceptors (Lipinski definition) is 6. The molecule has 0 aliphatic rings. The minimum Gasteiger partial charge on any atom is -0.444 e. The zero-order valence-electron chi connectivity index (χ0n) is 15.2. The molecule has 136 valence electrons. The molecule has 1 heterocycles. The molecule has 1 aromatic heterocycles. The van der Waals surface area contributed by atoms with Gasteiger partial charge in [-0.15, -0.1) is 10.2 Å². The second kappa shape index (κ2) is 7.65. The Hall–Kier alpha value is -2.41. The number of benzene rings is 1. The first kappa shape index (κ1) is 18.9. The molecular weight excluding hydrogens is 322 g/mol. The fourth-order valence-electron chi connectivity index (χ4n) is 2.26. The molecule has 0 saturated heterocycles. The average Bonchev–Trinajstić information content (AvgIpc) is 3.01. The highest BCUT2D eigenvalue weighted by Gasteiger charge is 2.31. The Kier molecular flexibility index (Phi) is 5.79. The summed E-state index contributed by atoms with van der Waals surface area (Å²) >= 11 is 0. The molecule has 1 unspecified atom stereocenters. The fraction of sp³-hybridized carbons (Fsp3) is 0.500.